The maximum Gasteiger partial charge on any atom is 0.256 e. The highest BCUT2D eigenvalue weighted by molar-refractivity contribution is 7.99. The Morgan fingerprint density at radius 1 is 1.11 bits per heavy atom. The lowest BCUT2D eigenvalue weighted by atomic mass is 10.2. The Morgan fingerprint density at radius 3 is 2.56 bits per heavy atom. The molecular weight excluding hydrogens is 362 g/mol. The fraction of sp³-hybridized carbons (Fsp3) is 0.158. The lowest BCUT2D eigenvalue weighted by Crippen LogP contribution is -2.15. The van der Waals surface area contributed by atoms with Gasteiger partial charge >= 0.3 is 0 Å². The Bertz CT molecular complexity index is 953. The van der Waals surface area contributed by atoms with Crippen LogP contribution in [-0.2, 0) is 11.8 Å². The first-order chi connectivity index (χ1) is 13.0. The molecule has 0 aliphatic rings. The van der Waals surface area contributed by atoms with Crippen LogP contribution < -0.4 is 10.6 Å². The third kappa shape index (κ3) is 5.18. The van der Waals surface area contributed by atoms with Crippen LogP contribution in [0.3, 0.4) is 0 Å². The van der Waals surface area contributed by atoms with Gasteiger partial charge in [0, 0.05) is 36.4 Å². The Morgan fingerprint density at radius 2 is 1.89 bits per heavy atom. The van der Waals surface area contributed by atoms with Gasteiger partial charge in [-0.3, -0.25) is 9.59 Å². The maximum absolute atomic E-state index is 12.3. The molecule has 2 aromatic heterocycles. The zero-order valence-electron chi connectivity index (χ0n) is 15.0. The van der Waals surface area contributed by atoms with E-state index in [9.17, 15) is 9.59 Å². The lowest BCUT2D eigenvalue weighted by Gasteiger charge is -2.08. The largest absolute Gasteiger partial charge is 0.329 e. The number of aromatic nitrogens is 3. The van der Waals surface area contributed by atoms with E-state index in [-0.39, 0.29) is 17.6 Å². The van der Waals surface area contributed by atoms with Gasteiger partial charge in [0.2, 0.25) is 5.91 Å². The summed E-state index contributed by atoms with van der Waals surface area (Å²) < 4.78 is 1.86. The highest BCUT2D eigenvalue weighted by atomic mass is 32.2. The van der Waals surface area contributed by atoms with E-state index in [4.69, 9.17) is 0 Å². The van der Waals surface area contributed by atoms with Crippen LogP contribution in [-0.4, -0.2) is 32.1 Å². The number of aryl methyl sites for hydroxylation is 2. The number of nitrogens with zero attached hydrogens (tertiary/aromatic N) is 3. The van der Waals surface area contributed by atoms with Crippen molar-refractivity contribution in [3.63, 3.8) is 0 Å². The van der Waals surface area contributed by atoms with E-state index in [2.05, 4.69) is 20.6 Å². The van der Waals surface area contributed by atoms with Gasteiger partial charge in [0.05, 0.1) is 5.75 Å². The second-order valence-electron chi connectivity index (χ2n) is 5.85. The normalized spacial score (nSPS) is 10.4. The average molecular weight is 381 g/mol. The molecule has 0 bridgehead atoms. The second kappa shape index (κ2) is 8.50. The molecule has 0 unspecified atom stereocenters. The van der Waals surface area contributed by atoms with Gasteiger partial charge in [-0.05, 0) is 43.3 Å². The topological polar surface area (TPSA) is 88.9 Å². The number of carbonyl (C=O) groups is 2. The number of thioether (sulfide) groups is 1. The summed E-state index contributed by atoms with van der Waals surface area (Å²) in [6, 6.07) is 12.1. The monoisotopic (exact) mass is 381 g/mol. The Hall–Kier alpha value is -3.13. The van der Waals surface area contributed by atoms with Crippen LogP contribution in [0.2, 0.25) is 0 Å². The predicted molar refractivity (Wildman–Crippen MR) is 106 cm³/mol. The molecule has 8 heteroatoms. The molecular formula is C19H19N5O2S. The van der Waals surface area contributed by atoms with Crippen LogP contribution in [0.4, 0.5) is 11.5 Å². The number of anilines is 2. The van der Waals surface area contributed by atoms with Gasteiger partial charge in [0.1, 0.15) is 5.82 Å². The third-order valence-corrected chi connectivity index (χ3v) is 4.73. The molecule has 0 radical (unpaired) electrons. The Balaban J connectivity index is 1.54. The van der Waals surface area contributed by atoms with Gasteiger partial charge in [0.25, 0.3) is 5.91 Å². The first-order valence-electron chi connectivity index (χ1n) is 8.26. The van der Waals surface area contributed by atoms with E-state index >= 15 is 0 Å². The van der Waals surface area contributed by atoms with Crippen molar-refractivity contribution in [3.05, 3.63) is 66.1 Å². The van der Waals surface area contributed by atoms with E-state index in [1.807, 2.05) is 36.9 Å². The minimum absolute atomic E-state index is 0.135. The number of hydrogen-bond acceptors (Lipinski definition) is 5. The maximum atomic E-state index is 12.3. The van der Waals surface area contributed by atoms with Crippen LogP contribution in [0.5, 0.6) is 0 Å². The van der Waals surface area contributed by atoms with Crippen molar-refractivity contribution in [1.29, 1.82) is 0 Å². The lowest BCUT2D eigenvalue weighted by molar-refractivity contribution is -0.113. The summed E-state index contributed by atoms with van der Waals surface area (Å²) in [7, 11) is 1.88. The number of nitrogens with one attached hydrogen (secondary N) is 2. The van der Waals surface area contributed by atoms with Crippen LogP contribution in [0.15, 0.2) is 60.0 Å². The van der Waals surface area contributed by atoms with Gasteiger partial charge in [-0.1, -0.05) is 17.8 Å². The molecule has 0 saturated heterocycles. The smallest absolute Gasteiger partial charge is 0.256 e. The van der Waals surface area contributed by atoms with E-state index in [1.165, 1.54) is 11.8 Å². The molecule has 1 aromatic carbocycles. The Labute approximate surface area is 161 Å². The number of amides is 2. The van der Waals surface area contributed by atoms with Gasteiger partial charge in [-0.25, -0.2) is 9.97 Å². The van der Waals surface area contributed by atoms with Gasteiger partial charge < -0.3 is 15.2 Å². The molecule has 3 rings (SSSR count). The summed E-state index contributed by atoms with van der Waals surface area (Å²) in [5, 5.41) is 6.34. The molecule has 0 atom stereocenters. The van der Waals surface area contributed by atoms with Crippen LogP contribution >= 0.6 is 11.8 Å². The van der Waals surface area contributed by atoms with Crippen molar-refractivity contribution in [1.82, 2.24) is 14.5 Å². The average Bonchev–Trinajstić information content (AvgIpc) is 3.05. The summed E-state index contributed by atoms with van der Waals surface area (Å²) >= 11 is 1.36. The SMILES string of the molecule is Cc1cccc(NC(=O)c2ccc(NC(=O)CSc3nccn3C)cc2)n1. The molecule has 0 fully saturated rings. The molecule has 138 valence electrons. The molecule has 0 aliphatic heterocycles. The number of hydrogen-bond donors (Lipinski definition) is 2. The van der Waals surface area contributed by atoms with Crippen molar-refractivity contribution in [2.24, 2.45) is 7.05 Å². The highest BCUT2D eigenvalue weighted by Gasteiger charge is 2.09. The van der Waals surface area contributed by atoms with E-state index in [0.29, 0.717) is 17.1 Å². The van der Waals surface area contributed by atoms with Crippen LogP contribution in [0.1, 0.15) is 16.1 Å². The number of rotatable bonds is 6. The molecule has 2 N–H and O–H groups in total. The van der Waals surface area contributed by atoms with E-state index in [0.717, 1.165) is 10.9 Å². The van der Waals surface area contributed by atoms with Crippen LogP contribution in [0.25, 0.3) is 0 Å². The standard InChI is InChI=1S/C19H19N5O2S/c1-13-4-3-5-16(21-13)23-18(26)14-6-8-15(9-7-14)22-17(25)12-27-19-20-10-11-24(19)2/h3-11H,12H2,1-2H3,(H,22,25)(H,21,23,26). The fourth-order valence-corrected chi connectivity index (χ4v) is 3.06. The first-order valence-corrected chi connectivity index (χ1v) is 9.25. The van der Waals surface area contributed by atoms with Gasteiger partial charge in [-0.15, -0.1) is 0 Å². The predicted octanol–water partition coefficient (Wildman–Crippen LogP) is 3.11. The Kier molecular flexibility index (Phi) is 5.87. The molecule has 7 nitrogen and oxygen atoms in total. The number of pyridine rings is 1. The highest BCUT2D eigenvalue weighted by Crippen LogP contribution is 2.16. The molecule has 0 spiro atoms. The molecule has 3 aromatic rings. The summed E-state index contributed by atoms with van der Waals surface area (Å²) in [5.74, 6) is 0.371. The molecule has 0 aliphatic carbocycles. The fourth-order valence-electron chi connectivity index (χ4n) is 2.32. The van der Waals surface area contributed by atoms with E-state index in [1.54, 1.807) is 36.5 Å². The summed E-state index contributed by atoms with van der Waals surface area (Å²) in [6.45, 7) is 1.86. The quantitative estimate of drug-likeness (QED) is 0.641. The van der Waals surface area contributed by atoms with Crippen molar-refractivity contribution in [3.8, 4) is 0 Å². The molecule has 0 saturated carbocycles. The van der Waals surface area contributed by atoms with E-state index < -0.39 is 0 Å². The first kappa shape index (κ1) is 18.7. The number of carbonyl (C=O) groups excluding carboxylic acids is 2. The summed E-state index contributed by atoms with van der Waals surface area (Å²) in [5.41, 5.74) is 1.94. The second-order valence-corrected chi connectivity index (χ2v) is 6.80. The van der Waals surface area contributed by atoms with Gasteiger partial charge in [-0.2, -0.15) is 0 Å². The number of imidazole rings is 1. The number of benzene rings is 1. The van der Waals surface area contributed by atoms with Crippen molar-refractivity contribution in [2.75, 3.05) is 16.4 Å². The van der Waals surface area contributed by atoms with Crippen molar-refractivity contribution >= 4 is 35.1 Å². The zero-order valence-corrected chi connectivity index (χ0v) is 15.8. The van der Waals surface area contributed by atoms with Crippen LogP contribution in [0, 0.1) is 6.92 Å². The van der Waals surface area contributed by atoms with Crippen molar-refractivity contribution in [2.45, 2.75) is 12.1 Å². The molecule has 2 heterocycles. The minimum Gasteiger partial charge on any atom is -0.329 e. The zero-order chi connectivity index (χ0) is 19.2. The molecule has 27 heavy (non-hydrogen) atoms. The minimum atomic E-state index is -0.253. The van der Waals surface area contributed by atoms with Gasteiger partial charge in [0.15, 0.2) is 5.16 Å². The summed E-state index contributed by atoms with van der Waals surface area (Å²) in [6.07, 6.45) is 3.52. The molecule has 2 amide bonds. The van der Waals surface area contributed by atoms with Crippen molar-refractivity contribution < 1.29 is 9.59 Å². The third-order valence-electron chi connectivity index (χ3n) is 3.67. The summed E-state index contributed by atoms with van der Waals surface area (Å²) in [4.78, 5) is 32.7.